The number of carbonyl (C=O) groups excluding carboxylic acids is 2. The van der Waals surface area contributed by atoms with Crippen LogP contribution in [0.15, 0.2) is 65.1 Å². The van der Waals surface area contributed by atoms with Crippen LogP contribution in [0.5, 0.6) is 5.75 Å². The van der Waals surface area contributed by atoms with Crippen LogP contribution in [0.1, 0.15) is 34.0 Å². The smallest absolute Gasteiger partial charge is 0.270 e. The maximum atomic E-state index is 14.7. The molecule has 1 fully saturated rings. The number of pyridine rings is 1. The van der Waals surface area contributed by atoms with Crippen LogP contribution in [-0.2, 0) is 11.3 Å². The molecule has 38 heavy (non-hydrogen) atoms. The van der Waals surface area contributed by atoms with Crippen LogP contribution < -0.4 is 15.6 Å². The molecule has 2 aliphatic heterocycles. The summed E-state index contributed by atoms with van der Waals surface area (Å²) in [5.41, 5.74) is 0.762. The number of halogens is 3. The molecule has 7 nitrogen and oxygen atoms in total. The van der Waals surface area contributed by atoms with Gasteiger partial charge in [0.1, 0.15) is 17.3 Å². The number of hydrogen-bond donors (Lipinski definition) is 1. The van der Waals surface area contributed by atoms with Gasteiger partial charge in [-0.25, -0.2) is 4.39 Å². The van der Waals surface area contributed by atoms with Crippen LogP contribution in [0.3, 0.4) is 0 Å². The minimum absolute atomic E-state index is 0.0232. The van der Waals surface area contributed by atoms with Crippen molar-refractivity contribution in [2.45, 2.75) is 18.9 Å². The van der Waals surface area contributed by atoms with E-state index in [1.165, 1.54) is 43.5 Å². The Bertz CT molecular complexity index is 1500. The molecule has 3 aromatic rings. The lowest BCUT2D eigenvalue weighted by Gasteiger charge is -2.43. The highest BCUT2D eigenvalue weighted by atomic mass is 35.5. The van der Waals surface area contributed by atoms with Gasteiger partial charge < -0.3 is 19.5 Å². The van der Waals surface area contributed by atoms with Crippen LogP contribution >= 0.6 is 23.2 Å². The summed E-state index contributed by atoms with van der Waals surface area (Å²) in [6.07, 6.45) is 2.09. The summed E-state index contributed by atoms with van der Waals surface area (Å²) >= 11 is 12.3. The largest absolute Gasteiger partial charge is 0.496 e. The fraction of sp³-hybridized carbons (Fsp3) is 0.250. The number of piperidine rings is 1. The average Bonchev–Trinajstić information content (AvgIpc) is 2.90. The summed E-state index contributed by atoms with van der Waals surface area (Å²) < 4.78 is 21.8. The average molecular weight is 556 g/mol. The first kappa shape index (κ1) is 26.0. The minimum Gasteiger partial charge on any atom is -0.496 e. The summed E-state index contributed by atoms with van der Waals surface area (Å²) in [7, 11) is 1.41. The van der Waals surface area contributed by atoms with Crippen molar-refractivity contribution in [3.63, 3.8) is 0 Å². The molecule has 196 valence electrons. The molecule has 1 N–H and O–H groups in total. The van der Waals surface area contributed by atoms with E-state index in [2.05, 4.69) is 5.32 Å². The van der Waals surface area contributed by atoms with Gasteiger partial charge in [-0.15, -0.1) is 0 Å². The number of ether oxygens (including phenoxy) is 1. The third kappa shape index (κ3) is 5.06. The molecule has 10 heteroatoms. The monoisotopic (exact) mass is 555 g/mol. The number of benzene rings is 2. The van der Waals surface area contributed by atoms with Crippen LogP contribution in [-0.4, -0.2) is 41.5 Å². The second kappa shape index (κ2) is 10.6. The molecule has 2 atom stereocenters. The number of rotatable bonds is 5. The number of methoxy groups -OCH3 is 1. The van der Waals surface area contributed by atoms with Gasteiger partial charge in [-0.1, -0.05) is 35.3 Å². The van der Waals surface area contributed by atoms with Gasteiger partial charge in [-0.2, -0.15) is 0 Å². The van der Waals surface area contributed by atoms with Crippen molar-refractivity contribution >= 4 is 41.1 Å². The van der Waals surface area contributed by atoms with Gasteiger partial charge in [0.05, 0.1) is 17.7 Å². The lowest BCUT2D eigenvalue weighted by molar-refractivity contribution is -0.130. The topological polar surface area (TPSA) is 80.6 Å². The third-order valence-electron chi connectivity index (χ3n) is 6.94. The molecule has 1 aromatic heterocycles. The van der Waals surface area contributed by atoms with E-state index in [0.29, 0.717) is 24.7 Å². The van der Waals surface area contributed by atoms with Gasteiger partial charge in [0.2, 0.25) is 0 Å². The van der Waals surface area contributed by atoms with E-state index in [9.17, 15) is 18.8 Å². The summed E-state index contributed by atoms with van der Waals surface area (Å²) in [6, 6.07) is 13.9. The van der Waals surface area contributed by atoms with Gasteiger partial charge in [0, 0.05) is 47.9 Å². The minimum atomic E-state index is -0.648. The zero-order chi connectivity index (χ0) is 27.0. The van der Waals surface area contributed by atoms with Crippen molar-refractivity contribution in [1.29, 1.82) is 0 Å². The van der Waals surface area contributed by atoms with E-state index < -0.39 is 17.6 Å². The standard InChI is InChI=1S/C28H24Cl2FN3O4/c1-38-25-9-8-18(29)11-20(25)27(36)32-23(12-19-21(30)4-2-5-22(19)31)28(37)33-13-16-10-17(15-33)24-6-3-7-26(35)34(24)14-16/h2-9,11-12,16-17H,10,13-15H2,1H3,(H,32,36)/b23-12+. The summed E-state index contributed by atoms with van der Waals surface area (Å²) in [6.45, 7) is 1.23. The van der Waals surface area contributed by atoms with Gasteiger partial charge >= 0.3 is 0 Å². The molecule has 2 aromatic carbocycles. The van der Waals surface area contributed by atoms with Crippen LogP contribution in [0.2, 0.25) is 10.0 Å². The fourth-order valence-corrected chi connectivity index (χ4v) is 5.61. The van der Waals surface area contributed by atoms with Crippen molar-refractivity contribution in [1.82, 2.24) is 14.8 Å². The van der Waals surface area contributed by atoms with E-state index in [0.717, 1.165) is 12.1 Å². The lowest BCUT2D eigenvalue weighted by Crippen LogP contribution is -2.50. The summed E-state index contributed by atoms with van der Waals surface area (Å²) in [5, 5.41) is 3.04. The predicted octanol–water partition coefficient (Wildman–Crippen LogP) is 4.72. The number of hydrogen-bond acceptors (Lipinski definition) is 4. The first-order valence-electron chi connectivity index (χ1n) is 12.0. The van der Waals surface area contributed by atoms with Gasteiger partial charge in [0.15, 0.2) is 0 Å². The van der Waals surface area contributed by atoms with E-state index >= 15 is 0 Å². The van der Waals surface area contributed by atoms with E-state index in [-0.39, 0.29) is 45.0 Å². The van der Waals surface area contributed by atoms with Crippen molar-refractivity contribution < 1.29 is 18.7 Å². The second-order valence-corrected chi connectivity index (χ2v) is 10.2. The molecule has 0 spiro atoms. The number of carbonyl (C=O) groups is 2. The van der Waals surface area contributed by atoms with Crippen molar-refractivity contribution in [2.75, 3.05) is 20.2 Å². The summed E-state index contributed by atoms with van der Waals surface area (Å²) in [5.74, 6) is -1.49. The Morgan fingerprint density at radius 1 is 1.08 bits per heavy atom. The number of aromatic nitrogens is 1. The maximum Gasteiger partial charge on any atom is 0.270 e. The molecule has 0 radical (unpaired) electrons. The Labute approximate surface area is 228 Å². The molecule has 3 heterocycles. The molecular weight excluding hydrogens is 532 g/mol. The Hall–Kier alpha value is -3.62. The molecule has 0 aliphatic carbocycles. The molecule has 2 unspecified atom stereocenters. The van der Waals surface area contributed by atoms with Crippen molar-refractivity contribution in [3.8, 4) is 5.75 Å². The molecule has 1 saturated heterocycles. The Balaban J connectivity index is 1.50. The predicted molar refractivity (Wildman–Crippen MR) is 143 cm³/mol. The van der Waals surface area contributed by atoms with E-state index in [1.54, 1.807) is 27.7 Å². The first-order valence-corrected chi connectivity index (χ1v) is 12.8. The van der Waals surface area contributed by atoms with Gasteiger partial charge in [-0.3, -0.25) is 14.4 Å². The van der Waals surface area contributed by atoms with Crippen LogP contribution in [0, 0.1) is 11.7 Å². The lowest BCUT2D eigenvalue weighted by atomic mass is 9.83. The number of fused-ring (bicyclic) bond motifs is 4. The Morgan fingerprint density at radius 3 is 2.63 bits per heavy atom. The quantitative estimate of drug-likeness (QED) is 0.462. The normalized spacial score (nSPS) is 18.5. The SMILES string of the molecule is COc1ccc(Cl)cc1C(=O)N/C(=C/c1c(F)cccc1Cl)C(=O)N1CC2CC(C1)c1cccc(=O)n1C2. The zero-order valence-corrected chi connectivity index (χ0v) is 21.9. The van der Waals surface area contributed by atoms with Crippen LogP contribution in [0.25, 0.3) is 6.08 Å². The summed E-state index contributed by atoms with van der Waals surface area (Å²) in [4.78, 5) is 41.2. The van der Waals surface area contributed by atoms with Crippen LogP contribution in [0.4, 0.5) is 4.39 Å². The second-order valence-electron chi connectivity index (χ2n) is 9.40. The number of likely N-dealkylation sites (tertiary alicyclic amines) is 1. The highest BCUT2D eigenvalue weighted by molar-refractivity contribution is 6.32. The molecular formula is C28H24Cl2FN3O4. The Morgan fingerprint density at radius 2 is 1.87 bits per heavy atom. The zero-order valence-electron chi connectivity index (χ0n) is 20.4. The van der Waals surface area contributed by atoms with Crippen molar-refractivity contribution in [3.05, 3.63) is 103 Å². The number of amides is 2. The van der Waals surface area contributed by atoms with E-state index in [1.807, 2.05) is 6.07 Å². The molecule has 2 aliphatic rings. The van der Waals surface area contributed by atoms with Crippen molar-refractivity contribution in [2.24, 2.45) is 5.92 Å². The number of nitrogens with zero attached hydrogens (tertiary/aromatic N) is 2. The fourth-order valence-electron chi connectivity index (χ4n) is 5.22. The highest BCUT2D eigenvalue weighted by Gasteiger charge is 2.37. The third-order valence-corrected chi connectivity index (χ3v) is 7.50. The molecule has 2 amide bonds. The maximum absolute atomic E-state index is 14.7. The molecule has 2 bridgehead atoms. The van der Waals surface area contributed by atoms with Gasteiger partial charge in [0.25, 0.3) is 17.4 Å². The molecule has 0 saturated carbocycles. The number of nitrogens with one attached hydrogen (secondary N) is 1. The molecule has 5 rings (SSSR count). The van der Waals surface area contributed by atoms with Gasteiger partial charge in [-0.05, 0) is 54.8 Å². The Kier molecular flexibility index (Phi) is 7.27. The highest BCUT2D eigenvalue weighted by Crippen LogP contribution is 2.35. The van der Waals surface area contributed by atoms with E-state index in [4.69, 9.17) is 27.9 Å². The first-order chi connectivity index (χ1) is 18.2.